The van der Waals surface area contributed by atoms with Crippen LogP contribution in [0.4, 0.5) is 5.69 Å². The van der Waals surface area contributed by atoms with Crippen molar-refractivity contribution in [1.29, 1.82) is 0 Å². The highest BCUT2D eigenvalue weighted by molar-refractivity contribution is 9.11. The van der Waals surface area contributed by atoms with E-state index in [1.807, 2.05) is 50.3 Å². The molecule has 254 valence electrons. The SMILES string of the molecule is CC(C)C[C@H](CO)N1C(=O)[C@H]2[C@@H]3C(=O)O[C@H](c4ccccc4)CNC(=O)CC/C=C\CN(c4ccccc4Cl)C(=O)[C@H]1[C@@]21C=C(Br)[C@@H]3O1. The van der Waals surface area contributed by atoms with Gasteiger partial charge in [0.15, 0.2) is 0 Å². The number of anilines is 1. The van der Waals surface area contributed by atoms with Gasteiger partial charge in [0.05, 0.1) is 35.8 Å². The molecule has 2 aromatic rings. The fourth-order valence-corrected chi connectivity index (χ4v) is 8.44. The number of fused-ring (bicyclic) bond motifs is 2. The van der Waals surface area contributed by atoms with Gasteiger partial charge in [0, 0.05) is 17.4 Å². The molecule has 3 amide bonds. The molecule has 6 rings (SSSR count). The molecule has 0 aliphatic carbocycles. The minimum absolute atomic E-state index is 0.0335. The number of nitrogens with zero attached hydrogens (tertiary/aromatic N) is 2. The monoisotopic (exact) mass is 739 g/mol. The number of aliphatic hydroxyl groups is 1. The van der Waals surface area contributed by atoms with Gasteiger partial charge in [-0.3, -0.25) is 19.2 Å². The predicted molar refractivity (Wildman–Crippen MR) is 183 cm³/mol. The van der Waals surface area contributed by atoms with E-state index in [0.717, 1.165) is 0 Å². The van der Waals surface area contributed by atoms with Gasteiger partial charge in [0.1, 0.15) is 29.8 Å². The molecular weight excluding hydrogens is 702 g/mol. The van der Waals surface area contributed by atoms with Crippen LogP contribution in [0.25, 0.3) is 0 Å². The molecular formula is C36H39BrClN3O7. The lowest BCUT2D eigenvalue weighted by atomic mass is 9.74. The summed E-state index contributed by atoms with van der Waals surface area (Å²) in [5.41, 5.74) is -0.421. The number of nitrogens with one attached hydrogen (secondary N) is 1. The molecule has 2 saturated heterocycles. The van der Waals surface area contributed by atoms with Crippen LogP contribution < -0.4 is 10.2 Å². The molecule has 1 spiro atoms. The molecule has 0 aromatic heterocycles. The number of carbonyl (C=O) groups excluding carboxylic acids is 4. The van der Waals surface area contributed by atoms with Gasteiger partial charge < -0.3 is 29.7 Å². The van der Waals surface area contributed by atoms with Crippen LogP contribution in [0, 0.1) is 17.8 Å². The van der Waals surface area contributed by atoms with Gasteiger partial charge in [-0.05, 0) is 42.5 Å². The van der Waals surface area contributed by atoms with Crippen molar-refractivity contribution in [3.8, 4) is 0 Å². The topological polar surface area (TPSA) is 125 Å². The van der Waals surface area contributed by atoms with Gasteiger partial charge in [-0.2, -0.15) is 0 Å². The zero-order chi connectivity index (χ0) is 34.2. The van der Waals surface area contributed by atoms with Crippen LogP contribution in [0.1, 0.15) is 44.8 Å². The van der Waals surface area contributed by atoms with E-state index in [1.165, 1.54) is 9.80 Å². The van der Waals surface area contributed by atoms with Gasteiger partial charge in [-0.15, -0.1) is 0 Å². The number of rotatable bonds is 6. The number of hydrogen-bond acceptors (Lipinski definition) is 7. The maximum absolute atomic E-state index is 15.1. The van der Waals surface area contributed by atoms with E-state index < -0.39 is 59.5 Å². The van der Waals surface area contributed by atoms with Gasteiger partial charge >= 0.3 is 5.97 Å². The number of ether oxygens (including phenoxy) is 2. The van der Waals surface area contributed by atoms with E-state index in [9.17, 15) is 19.5 Å². The largest absolute Gasteiger partial charge is 0.455 e. The highest BCUT2D eigenvalue weighted by Gasteiger charge is 2.75. The van der Waals surface area contributed by atoms with E-state index >= 15 is 4.79 Å². The Morgan fingerprint density at radius 2 is 1.77 bits per heavy atom. The Labute approximate surface area is 293 Å². The van der Waals surface area contributed by atoms with Crippen LogP contribution in [0.15, 0.2) is 77.3 Å². The third-order valence-electron chi connectivity index (χ3n) is 9.53. The summed E-state index contributed by atoms with van der Waals surface area (Å²) in [5.74, 6) is -3.95. The van der Waals surface area contributed by atoms with Gasteiger partial charge in [0.2, 0.25) is 11.8 Å². The Morgan fingerprint density at radius 3 is 2.48 bits per heavy atom. The lowest BCUT2D eigenvalue weighted by molar-refractivity contribution is -0.160. The lowest BCUT2D eigenvalue weighted by Crippen LogP contribution is -2.59. The summed E-state index contributed by atoms with van der Waals surface area (Å²) in [5, 5.41) is 13.9. The number of para-hydroxylation sites is 1. The minimum Gasteiger partial charge on any atom is -0.455 e. The van der Waals surface area contributed by atoms with Crippen molar-refractivity contribution in [3.63, 3.8) is 0 Å². The first kappa shape index (κ1) is 34.4. The summed E-state index contributed by atoms with van der Waals surface area (Å²) in [6.07, 6.45) is 4.64. The van der Waals surface area contributed by atoms with Gasteiger partial charge in [0.25, 0.3) is 5.91 Å². The Kier molecular flexibility index (Phi) is 10.1. The molecule has 10 nitrogen and oxygen atoms in total. The Bertz CT molecular complexity index is 1630. The van der Waals surface area contributed by atoms with E-state index in [0.29, 0.717) is 33.6 Å². The second kappa shape index (κ2) is 14.2. The molecule has 0 radical (unpaired) electrons. The number of likely N-dealkylation sites (tertiary alicyclic amines) is 1. The maximum Gasteiger partial charge on any atom is 0.313 e. The smallest absolute Gasteiger partial charge is 0.313 e. The van der Waals surface area contributed by atoms with E-state index in [1.54, 1.807) is 36.4 Å². The van der Waals surface area contributed by atoms with Crippen molar-refractivity contribution in [3.05, 3.63) is 87.9 Å². The summed E-state index contributed by atoms with van der Waals surface area (Å²) >= 11 is 10.2. The zero-order valence-electron chi connectivity index (χ0n) is 26.8. The number of carbonyl (C=O) groups is 4. The second-order valence-electron chi connectivity index (χ2n) is 13.1. The van der Waals surface area contributed by atoms with Crippen LogP contribution in [0.5, 0.6) is 0 Å². The zero-order valence-corrected chi connectivity index (χ0v) is 29.1. The lowest BCUT2D eigenvalue weighted by Gasteiger charge is -2.39. The quantitative estimate of drug-likeness (QED) is 0.325. The van der Waals surface area contributed by atoms with Crippen LogP contribution in [0.2, 0.25) is 5.02 Å². The molecule has 4 aliphatic heterocycles. The molecule has 4 heterocycles. The molecule has 12 heteroatoms. The van der Waals surface area contributed by atoms with Crippen molar-refractivity contribution in [2.45, 2.75) is 63.0 Å². The minimum atomic E-state index is -1.53. The van der Waals surface area contributed by atoms with Crippen molar-refractivity contribution in [2.24, 2.45) is 17.8 Å². The molecule has 7 atom stereocenters. The summed E-state index contributed by atoms with van der Waals surface area (Å²) in [6.45, 7) is 3.69. The number of cyclic esters (lactones) is 1. The molecule has 2 N–H and O–H groups in total. The highest BCUT2D eigenvalue weighted by atomic mass is 79.9. The van der Waals surface area contributed by atoms with Gasteiger partial charge in [-0.1, -0.05) is 96.0 Å². The summed E-state index contributed by atoms with van der Waals surface area (Å²) in [6, 6.07) is 14.1. The van der Waals surface area contributed by atoms with E-state index in [-0.39, 0.29) is 37.9 Å². The average molecular weight is 741 g/mol. The van der Waals surface area contributed by atoms with E-state index in [2.05, 4.69) is 21.2 Å². The normalized spacial score (nSPS) is 30.6. The summed E-state index contributed by atoms with van der Waals surface area (Å²) < 4.78 is 13.3. The van der Waals surface area contributed by atoms with Crippen molar-refractivity contribution in [1.82, 2.24) is 10.2 Å². The number of allylic oxidation sites excluding steroid dienone is 1. The third kappa shape index (κ3) is 6.21. The Balaban J connectivity index is 1.49. The van der Waals surface area contributed by atoms with Crippen molar-refractivity contribution in [2.75, 3.05) is 24.6 Å². The molecule has 4 aliphatic rings. The van der Waals surface area contributed by atoms with Crippen LogP contribution in [-0.2, 0) is 28.7 Å². The first-order chi connectivity index (χ1) is 23.1. The maximum atomic E-state index is 15.1. The molecule has 48 heavy (non-hydrogen) atoms. The first-order valence-electron chi connectivity index (χ1n) is 16.3. The highest BCUT2D eigenvalue weighted by Crippen LogP contribution is 2.59. The second-order valence-corrected chi connectivity index (χ2v) is 14.4. The Hall–Kier alpha value is -3.51. The third-order valence-corrected chi connectivity index (χ3v) is 10.5. The molecule has 0 saturated carbocycles. The molecule has 2 aromatic carbocycles. The predicted octanol–water partition coefficient (Wildman–Crippen LogP) is 4.70. The van der Waals surface area contributed by atoms with Crippen LogP contribution in [-0.4, -0.2) is 77.2 Å². The number of amides is 3. The Morgan fingerprint density at radius 1 is 1.04 bits per heavy atom. The first-order valence-corrected chi connectivity index (χ1v) is 17.5. The van der Waals surface area contributed by atoms with Crippen molar-refractivity contribution < 1.29 is 33.8 Å². The fraction of sp³-hybridized carbons (Fsp3) is 0.444. The number of aliphatic hydroxyl groups excluding tert-OH is 1. The molecule has 5 bridgehead atoms. The number of hydrogen-bond donors (Lipinski definition) is 2. The number of halogens is 2. The molecule has 0 unspecified atom stereocenters. The van der Waals surface area contributed by atoms with Crippen molar-refractivity contribution >= 4 is 56.9 Å². The van der Waals surface area contributed by atoms with Crippen LogP contribution in [0.3, 0.4) is 0 Å². The average Bonchev–Trinajstić information content (AvgIpc) is 3.66. The number of benzene rings is 2. The number of esters is 1. The fourth-order valence-electron chi connectivity index (χ4n) is 7.47. The van der Waals surface area contributed by atoms with Crippen LogP contribution >= 0.6 is 27.5 Å². The molecule has 2 fully saturated rings. The summed E-state index contributed by atoms with van der Waals surface area (Å²) in [4.78, 5) is 59.8. The standard InChI is InChI=1S/C36H39BrClN3O7/c1-21(2)17-23(20-42)41-32-34(45)40(26-14-9-8-13-25(26)38)16-10-4-7-15-28(43)39-19-27(22-11-5-3-6-12-22)47-35(46)29-30(33(41)44)36(32)18-24(37)31(29)48-36/h3-6,8-14,18,21,23,27,29-32,42H,7,15-17,19-20H2,1-2H3,(H,39,43)/b10-4-/t23-,27+,29+,30-,31+,32+,36-/m1/s1. The summed E-state index contributed by atoms with van der Waals surface area (Å²) in [7, 11) is 0. The van der Waals surface area contributed by atoms with E-state index in [4.69, 9.17) is 21.1 Å². The van der Waals surface area contributed by atoms with Gasteiger partial charge in [-0.25, -0.2) is 0 Å².